The Kier molecular flexibility index (Phi) is 4.21. The van der Waals surface area contributed by atoms with Crippen LogP contribution < -0.4 is 5.32 Å². The standard InChI is InChI=1S/C13H19N3O2S/c1-3-16-12-7-5-4-6-11(12)15-13(16)10-14-8-9-19(2,17)18/h4-7,14H,3,8-10H2,1-2H3. The molecule has 5 nitrogen and oxygen atoms in total. The number of aromatic nitrogens is 2. The van der Waals surface area contributed by atoms with Crippen molar-refractivity contribution < 1.29 is 8.42 Å². The smallest absolute Gasteiger partial charge is 0.148 e. The van der Waals surface area contributed by atoms with Crippen LogP contribution in [-0.2, 0) is 22.9 Å². The van der Waals surface area contributed by atoms with Crippen LogP contribution >= 0.6 is 0 Å². The third-order valence-electron chi connectivity index (χ3n) is 2.98. The summed E-state index contributed by atoms with van der Waals surface area (Å²) in [6, 6.07) is 8.00. The second-order valence-corrected chi connectivity index (χ2v) is 6.83. The van der Waals surface area contributed by atoms with Crippen molar-refractivity contribution in [1.82, 2.24) is 14.9 Å². The molecule has 2 rings (SSSR count). The Balaban J connectivity index is 2.08. The zero-order chi connectivity index (χ0) is 13.9. The van der Waals surface area contributed by atoms with Gasteiger partial charge in [0.2, 0.25) is 0 Å². The fraction of sp³-hybridized carbons (Fsp3) is 0.462. The van der Waals surface area contributed by atoms with E-state index in [0.717, 1.165) is 23.4 Å². The van der Waals surface area contributed by atoms with Crippen LogP contribution in [0.1, 0.15) is 12.7 Å². The predicted molar refractivity (Wildman–Crippen MR) is 76.8 cm³/mol. The zero-order valence-corrected chi connectivity index (χ0v) is 12.1. The maximum absolute atomic E-state index is 11.0. The van der Waals surface area contributed by atoms with E-state index in [1.807, 2.05) is 24.3 Å². The number of hydrogen-bond acceptors (Lipinski definition) is 4. The molecule has 1 aromatic carbocycles. The maximum atomic E-state index is 11.0. The Labute approximate surface area is 113 Å². The summed E-state index contributed by atoms with van der Waals surface area (Å²) in [5, 5.41) is 3.13. The molecule has 0 fully saturated rings. The number of imidazole rings is 1. The minimum atomic E-state index is -2.91. The molecule has 1 heterocycles. The highest BCUT2D eigenvalue weighted by atomic mass is 32.2. The van der Waals surface area contributed by atoms with Gasteiger partial charge in [-0.3, -0.25) is 0 Å². The molecule has 0 bridgehead atoms. The van der Waals surface area contributed by atoms with E-state index in [0.29, 0.717) is 13.1 Å². The van der Waals surface area contributed by atoms with E-state index in [1.54, 1.807) is 0 Å². The van der Waals surface area contributed by atoms with Crippen LogP contribution in [0.4, 0.5) is 0 Å². The van der Waals surface area contributed by atoms with Gasteiger partial charge in [0.25, 0.3) is 0 Å². The molecule has 0 unspecified atom stereocenters. The van der Waals surface area contributed by atoms with Crippen LogP contribution in [-0.4, -0.2) is 36.5 Å². The molecule has 0 radical (unpaired) electrons. The van der Waals surface area contributed by atoms with Gasteiger partial charge in [0.1, 0.15) is 15.7 Å². The van der Waals surface area contributed by atoms with Crippen molar-refractivity contribution in [2.75, 3.05) is 18.6 Å². The van der Waals surface area contributed by atoms with Crippen LogP contribution in [0.15, 0.2) is 24.3 Å². The number of nitrogens with zero attached hydrogens (tertiary/aromatic N) is 2. The van der Waals surface area contributed by atoms with Crippen LogP contribution in [0.25, 0.3) is 11.0 Å². The van der Waals surface area contributed by atoms with Gasteiger partial charge in [0, 0.05) is 19.3 Å². The molecule has 19 heavy (non-hydrogen) atoms. The molecule has 0 aliphatic carbocycles. The third-order valence-corrected chi connectivity index (χ3v) is 3.93. The average Bonchev–Trinajstić information content (AvgIpc) is 2.71. The maximum Gasteiger partial charge on any atom is 0.148 e. The first-order valence-electron chi connectivity index (χ1n) is 6.34. The first kappa shape index (κ1) is 14.0. The quantitative estimate of drug-likeness (QED) is 0.808. The number of sulfone groups is 1. The number of rotatable bonds is 6. The SMILES string of the molecule is CCn1c(CNCCS(C)(=O)=O)nc2ccccc21. The minimum Gasteiger partial charge on any atom is -0.327 e. The molecule has 2 aromatic rings. The number of para-hydroxylation sites is 2. The summed E-state index contributed by atoms with van der Waals surface area (Å²) in [7, 11) is -2.91. The van der Waals surface area contributed by atoms with Gasteiger partial charge < -0.3 is 9.88 Å². The van der Waals surface area contributed by atoms with Gasteiger partial charge in [-0.25, -0.2) is 13.4 Å². The van der Waals surface area contributed by atoms with Gasteiger partial charge in [0.05, 0.1) is 23.3 Å². The lowest BCUT2D eigenvalue weighted by molar-refractivity contribution is 0.591. The van der Waals surface area contributed by atoms with E-state index in [9.17, 15) is 8.42 Å². The lowest BCUT2D eigenvalue weighted by atomic mass is 10.3. The fourth-order valence-electron chi connectivity index (χ4n) is 2.07. The summed E-state index contributed by atoms with van der Waals surface area (Å²) in [4.78, 5) is 4.57. The first-order valence-corrected chi connectivity index (χ1v) is 8.40. The van der Waals surface area contributed by atoms with Gasteiger partial charge in [-0.15, -0.1) is 0 Å². The molecule has 0 aliphatic heterocycles. The number of benzene rings is 1. The Morgan fingerprint density at radius 1 is 1.32 bits per heavy atom. The highest BCUT2D eigenvalue weighted by Crippen LogP contribution is 2.15. The molecule has 0 saturated heterocycles. The summed E-state index contributed by atoms with van der Waals surface area (Å²) in [6.07, 6.45) is 1.25. The summed E-state index contributed by atoms with van der Waals surface area (Å²) in [6.45, 7) is 3.96. The molecule has 0 atom stereocenters. The van der Waals surface area contributed by atoms with Gasteiger partial charge in [-0.2, -0.15) is 0 Å². The number of hydrogen-bond donors (Lipinski definition) is 1. The van der Waals surface area contributed by atoms with Gasteiger partial charge >= 0.3 is 0 Å². The van der Waals surface area contributed by atoms with Crippen molar-refractivity contribution in [2.45, 2.75) is 20.0 Å². The average molecular weight is 281 g/mol. The number of nitrogens with one attached hydrogen (secondary N) is 1. The molecule has 6 heteroatoms. The van der Waals surface area contributed by atoms with Crippen LogP contribution in [0.2, 0.25) is 0 Å². The van der Waals surface area contributed by atoms with Crippen molar-refractivity contribution in [3.63, 3.8) is 0 Å². The van der Waals surface area contributed by atoms with Gasteiger partial charge in [0.15, 0.2) is 0 Å². The summed E-state index contributed by atoms with van der Waals surface area (Å²) in [5.41, 5.74) is 2.09. The Hall–Kier alpha value is -1.40. The van der Waals surface area contributed by atoms with Crippen molar-refractivity contribution in [3.8, 4) is 0 Å². The van der Waals surface area contributed by atoms with Crippen molar-refractivity contribution in [2.24, 2.45) is 0 Å². The molecule has 1 aromatic heterocycles. The Bertz CT molecular complexity index is 662. The lowest BCUT2D eigenvalue weighted by Gasteiger charge is -2.07. The molecule has 0 spiro atoms. The van der Waals surface area contributed by atoms with Crippen molar-refractivity contribution in [3.05, 3.63) is 30.1 Å². The second-order valence-electron chi connectivity index (χ2n) is 4.57. The first-order chi connectivity index (χ1) is 9.01. The highest BCUT2D eigenvalue weighted by molar-refractivity contribution is 7.90. The zero-order valence-electron chi connectivity index (χ0n) is 11.3. The van der Waals surface area contributed by atoms with E-state index < -0.39 is 9.84 Å². The van der Waals surface area contributed by atoms with Crippen LogP contribution in [0.3, 0.4) is 0 Å². The monoisotopic (exact) mass is 281 g/mol. The minimum absolute atomic E-state index is 0.152. The molecular weight excluding hydrogens is 262 g/mol. The second kappa shape index (κ2) is 5.71. The van der Waals surface area contributed by atoms with E-state index in [-0.39, 0.29) is 5.75 Å². The normalized spacial score (nSPS) is 12.1. The number of aryl methyl sites for hydroxylation is 1. The third kappa shape index (κ3) is 3.54. The van der Waals surface area contributed by atoms with E-state index in [4.69, 9.17) is 0 Å². The number of fused-ring (bicyclic) bond motifs is 1. The van der Waals surface area contributed by atoms with Crippen LogP contribution in [0, 0.1) is 0 Å². The fourth-order valence-corrected chi connectivity index (χ4v) is 2.59. The van der Waals surface area contributed by atoms with Gasteiger partial charge in [-0.1, -0.05) is 12.1 Å². The van der Waals surface area contributed by atoms with Gasteiger partial charge in [-0.05, 0) is 19.1 Å². The van der Waals surface area contributed by atoms with E-state index >= 15 is 0 Å². The van der Waals surface area contributed by atoms with Crippen molar-refractivity contribution >= 4 is 20.9 Å². The highest BCUT2D eigenvalue weighted by Gasteiger charge is 2.08. The predicted octanol–water partition coefficient (Wildman–Crippen LogP) is 1.19. The Morgan fingerprint density at radius 3 is 2.74 bits per heavy atom. The van der Waals surface area contributed by atoms with Crippen LogP contribution in [0.5, 0.6) is 0 Å². The largest absolute Gasteiger partial charge is 0.327 e. The summed E-state index contributed by atoms with van der Waals surface area (Å²) in [5.74, 6) is 1.09. The summed E-state index contributed by atoms with van der Waals surface area (Å²) < 4.78 is 24.2. The molecule has 104 valence electrons. The summed E-state index contributed by atoms with van der Waals surface area (Å²) >= 11 is 0. The molecular formula is C13H19N3O2S. The van der Waals surface area contributed by atoms with Crippen molar-refractivity contribution in [1.29, 1.82) is 0 Å². The molecule has 0 aliphatic rings. The topological polar surface area (TPSA) is 64.0 Å². The molecule has 1 N–H and O–H groups in total. The Morgan fingerprint density at radius 2 is 2.05 bits per heavy atom. The lowest BCUT2D eigenvalue weighted by Crippen LogP contribution is -2.23. The van der Waals surface area contributed by atoms with E-state index in [1.165, 1.54) is 6.26 Å². The molecule has 0 amide bonds. The van der Waals surface area contributed by atoms with E-state index in [2.05, 4.69) is 21.8 Å². The molecule has 0 saturated carbocycles.